The molecule has 0 aromatic carbocycles. The van der Waals surface area contributed by atoms with Crippen LogP contribution in [-0.2, 0) is 19.4 Å². The number of ether oxygens (including phenoxy) is 1. The van der Waals surface area contributed by atoms with Gasteiger partial charge in [0.1, 0.15) is 9.84 Å². The Morgan fingerprint density at radius 1 is 1.46 bits per heavy atom. The Bertz CT molecular complexity index is 245. The number of thioether (sulfide) groups is 1. The second-order valence-corrected chi connectivity index (χ2v) is 5.85. The van der Waals surface area contributed by atoms with Gasteiger partial charge in [-0.25, -0.2) is 8.42 Å². The number of sulfone groups is 1. The number of esters is 1. The van der Waals surface area contributed by atoms with E-state index in [1.807, 2.05) is 0 Å². The van der Waals surface area contributed by atoms with Gasteiger partial charge in [-0.3, -0.25) is 4.79 Å². The molecule has 0 N–H and O–H groups in total. The van der Waals surface area contributed by atoms with Crippen LogP contribution in [0.5, 0.6) is 0 Å². The van der Waals surface area contributed by atoms with Crippen LogP contribution in [0.15, 0.2) is 0 Å². The van der Waals surface area contributed by atoms with Crippen LogP contribution in [0.1, 0.15) is 6.92 Å². The van der Waals surface area contributed by atoms with Gasteiger partial charge in [0.25, 0.3) is 0 Å². The zero-order chi connectivity index (χ0) is 10.3. The van der Waals surface area contributed by atoms with Crippen LogP contribution in [0.2, 0.25) is 0 Å². The lowest BCUT2D eigenvalue weighted by atomic mass is 10.8. The molecule has 4 nitrogen and oxygen atoms in total. The highest BCUT2D eigenvalue weighted by Gasteiger charge is 2.04. The monoisotopic (exact) mass is 226 g/mol. The lowest BCUT2D eigenvalue weighted by Gasteiger charge is -2.00. The Morgan fingerprint density at radius 2 is 2.08 bits per heavy atom. The maximum atomic E-state index is 10.8. The zero-order valence-electron chi connectivity index (χ0n) is 7.78. The van der Waals surface area contributed by atoms with Crippen LogP contribution < -0.4 is 0 Å². The molecule has 6 heteroatoms. The number of carbonyl (C=O) groups excluding carboxylic acids is 1. The van der Waals surface area contributed by atoms with E-state index in [4.69, 9.17) is 0 Å². The summed E-state index contributed by atoms with van der Waals surface area (Å²) in [5, 5.41) is 0. The van der Waals surface area contributed by atoms with Crippen molar-refractivity contribution in [1.29, 1.82) is 0 Å². The molecule has 0 aliphatic rings. The predicted octanol–water partition coefficient (Wildman–Crippen LogP) is 0.327. The fraction of sp³-hybridized carbons (Fsp3) is 0.857. The first kappa shape index (κ1) is 12.8. The Kier molecular flexibility index (Phi) is 6.15. The third kappa shape index (κ3) is 9.69. The van der Waals surface area contributed by atoms with Crippen molar-refractivity contribution in [2.24, 2.45) is 0 Å². The summed E-state index contributed by atoms with van der Waals surface area (Å²) in [5.41, 5.74) is 0. The van der Waals surface area contributed by atoms with E-state index in [9.17, 15) is 13.2 Å². The molecule has 0 fully saturated rings. The first-order chi connectivity index (χ1) is 5.95. The lowest BCUT2D eigenvalue weighted by Crippen LogP contribution is -2.10. The standard InChI is InChI=1S/C7H14O4S2/c1-3-11-7(8)6-12-4-5-13(2,9)10/h3-6H2,1-2H3. The van der Waals surface area contributed by atoms with E-state index in [1.165, 1.54) is 18.0 Å². The summed E-state index contributed by atoms with van der Waals surface area (Å²) in [6, 6.07) is 0. The molecule has 0 unspecified atom stereocenters. The van der Waals surface area contributed by atoms with Crippen molar-refractivity contribution in [3.05, 3.63) is 0 Å². The second-order valence-electron chi connectivity index (χ2n) is 2.49. The van der Waals surface area contributed by atoms with Crippen molar-refractivity contribution in [2.75, 3.05) is 30.1 Å². The van der Waals surface area contributed by atoms with Gasteiger partial charge in [-0.05, 0) is 6.92 Å². The van der Waals surface area contributed by atoms with Gasteiger partial charge < -0.3 is 4.74 Å². The predicted molar refractivity (Wildman–Crippen MR) is 53.7 cm³/mol. The summed E-state index contributed by atoms with van der Waals surface area (Å²) in [4.78, 5) is 10.8. The average molecular weight is 226 g/mol. The second kappa shape index (κ2) is 6.26. The molecule has 0 spiro atoms. The van der Waals surface area contributed by atoms with Gasteiger partial charge in [0.15, 0.2) is 0 Å². The van der Waals surface area contributed by atoms with E-state index >= 15 is 0 Å². The van der Waals surface area contributed by atoms with Crippen LogP contribution in [0, 0.1) is 0 Å². The van der Waals surface area contributed by atoms with E-state index in [1.54, 1.807) is 6.92 Å². The van der Waals surface area contributed by atoms with Gasteiger partial charge in [0.05, 0.1) is 18.1 Å². The lowest BCUT2D eigenvalue weighted by molar-refractivity contribution is -0.139. The molecule has 0 rings (SSSR count). The Hall–Kier alpha value is -0.230. The van der Waals surface area contributed by atoms with Crippen LogP contribution in [0.25, 0.3) is 0 Å². The number of hydrogen-bond acceptors (Lipinski definition) is 5. The summed E-state index contributed by atoms with van der Waals surface area (Å²) < 4.78 is 26.0. The molecule has 0 atom stereocenters. The molecule has 0 aliphatic heterocycles. The van der Waals surface area contributed by atoms with Crippen molar-refractivity contribution < 1.29 is 17.9 Å². The quantitative estimate of drug-likeness (QED) is 0.482. The Balaban J connectivity index is 3.41. The molecule has 0 radical (unpaired) electrons. The molecule has 0 aromatic rings. The SMILES string of the molecule is CCOC(=O)CSCCS(C)(=O)=O. The number of hydrogen-bond donors (Lipinski definition) is 0. The van der Waals surface area contributed by atoms with E-state index in [0.717, 1.165) is 0 Å². The van der Waals surface area contributed by atoms with Gasteiger partial charge in [-0.1, -0.05) is 0 Å². The maximum Gasteiger partial charge on any atom is 0.315 e. The van der Waals surface area contributed by atoms with E-state index in [2.05, 4.69) is 4.74 Å². The van der Waals surface area contributed by atoms with Crippen molar-refractivity contribution in [2.45, 2.75) is 6.92 Å². The molecule has 0 saturated carbocycles. The van der Waals surface area contributed by atoms with E-state index in [0.29, 0.717) is 12.4 Å². The van der Waals surface area contributed by atoms with E-state index < -0.39 is 9.84 Å². The summed E-state index contributed by atoms with van der Waals surface area (Å²) in [6.45, 7) is 2.10. The first-order valence-corrected chi connectivity index (χ1v) is 7.08. The van der Waals surface area contributed by atoms with Crippen LogP contribution >= 0.6 is 11.8 Å². The Labute approximate surface area is 83.0 Å². The molecule has 0 aliphatic carbocycles. The molecule has 0 amide bonds. The smallest absolute Gasteiger partial charge is 0.315 e. The minimum absolute atomic E-state index is 0.108. The van der Waals surface area contributed by atoms with Crippen LogP contribution in [-0.4, -0.2) is 44.5 Å². The van der Waals surface area contributed by atoms with Gasteiger partial charge in [0, 0.05) is 12.0 Å². The van der Waals surface area contributed by atoms with Crippen molar-refractivity contribution in [3.63, 3.8) is 0 Å². The van der Waals surface area contributed by atoms with E-state index in [-0.39, 0.29) is 17.5 Å². The largest absolute Gasteiger partial charge is 0.465 e. The minimum atomic E-state index is -2.91. The summed E-state index contributed by atoms with van der Waals surface area (Å²) in [7, 11) is -2.91. The fourth-order valence-electron chi connectivity index (χ4n) is 0.568. The number of rotatable bonds is 6. The Morgan fingerprint density at radius 3 is 2.54 bits per heavy atom. The third-order valence-electron chi connectivity index (χ3n) is 1.12. The fourth-order valence-corrected chi connectivity index (χ4v) is 2.65. The van der Waals surface area contributed by atoms with Crippen LogP contribution in [0.4, 0.5) is 0 Å². The zero-order valence-corrected chi connectivity index (χ0v) is 9.41. The summed E-state index contributed by atoms with van der Waals surface area (Å²) in [5.74, 6) is 0.485. The van der Waals surface area contributed by atoms with Crippen molar-refractivity contribution in [1.82, 2.24) is 0 Å². The van der Waals surface area contributed by atoms with Gasteiger partial charge >= 0.3 is 5.97 Å². The van der Waals surface area contributed by atoms with Crippen molar-refractivity contribution in [3.8, 4) is 0 Å². The minimum Gasteiger partial charge on any atom is -0.465 e. The molecule has 0 bridgehead atoms. The molecule has 0 aromatic heterocycles. The van der Waals surface area contributed by atoms with Gasteiger partial charge in [0.2, 0.25) is 0 Å². The average Bonchev–Trinajstić information content (AvgIpc) is 1.97. The first-order valence-electron chi connectivity index (χ1n) is 3.87. The highest BCUT2D eigenvalue weighted by atomic mass is 32.2. The molecule has 0 heterocycles. The van der Waals surface area contributed by atoms with Gasteiger partial charge in [-0.15, -0.1) is 11.8 Å². The highest BCUT2D eigenvalue weighted by molar-refractivity contribution is 8.01. The number of carbonyl (C=O) groups is 1. The summed E-state index contributed by atoms with van der Waals surface area (Å²) >= 11 is 1.27. The highest BCUT2D eigenvalue weighted by Crippen LogP contribution is 2.01. The third-order valence-corrected chi connectivity index (χ3v) is 3.26. The topological polar surface area (TPSA) is 60.4 Å². The molecular weight excluding hydrogens is 212 g/mol. The molecular formula is C7H14O4S2. The molecule has 0 saturated heterocycles. The van der Waals surface area contributed by atoms with Gasteiger partial charge in [-0.2, -0.15) is 0 Å². The molecule has 13 heavy (non-hydrogen) atoms. The normalized spacial score (nSPS) is 11.2. The van der Waals surface area contributed by atoms with Crippen molar-refractivity contribution >= 4 is 27.6 Å². The molecule has 78 valence electrons. The summed E-state index contributed by atoms with van der Waals surface area (Å²) in [6.07, 6.45) is 1.18. The maximum absolute atomic E-state index is 10.8. The van der Waals surface area contributed by atoms with Crippen LogP contribution in [0.3, 0.4) is 0 Å².